The smallest absolute Gasteiger partial charge is 0.223 e. The Morgan fingerprint density at radius 1 is 1.36 bits per heavy atom. The van der Waals surface area contributed by atoms with E-state index in [2.05, 4.69) is 15.5 Å². The minimum atomic E-state index is 0.00836. The first-order valence-corrected chi connectivity index (χ1v) is 7.87. The number of aryl methyl sites for hydroxylation is 1. The van der Waals surface area contributed by atoms with Gasteiger partial charge in [-0.25, -0.2) is 0 Å². The molecule has 0 spiro atoms. The molecule has 3 rings (SSSR count). The lowest BCUT2D eigenvalue weighted by Crippen LogP contribution is -2.28. The highest BCUT2D eigenvalue weighted by Gasteiger charge is 2.43. The van der Waals surface area contributed by atoms with Crippen LogP contribution in [0.2, 0.25) is 10.0 Å². The summed E-state index contributed by atoms with van der Waals surface area (Å²) in [6.45, 7) is 0.560. The molecule has 1 aromatic carbocycles. The number of rotatable bonds is 5. The van der Waals surface area contributed by atoms with E-state index in [1.54, 1.807) is 12.4 Å². The number of benzene rings is 1. The largest absolute Gasteiger partial charge is 0.355 e. The van der Waals surface area contributed by atoms with Crippen molar-refractivity contribution in [2.24, 2.45) is 13.0 Å². The van der Waals surface area contributed by atoms with Gasteiger partial charge in [0.15, 0.2) is 0 Å². The molecule has 1 N–H and O–H groups in total. The molecule has 7 heteroatoms. The first-order valence-electron chi connectivity index (χ1n) is 7.11. The molecule has 1 aliphatic rings. The highest BCUT2D eigenvalue weighted by Crippen LogP contribution is 2.48. The third-order valence-corrected chi connectivity index (χ3v) is 4.33. The van der Waals surface area contributed by atoms with Crippen molar-refractivity contribution in [3.63, 3.8) is 0 Å². The van der Waals surface area contributed by atoms with Crippen LogP contribution in [0, 0.1) is 5.92 Å². The predicted octanol–water partition coefficient (Wildman–Crippen LogP) is 2.58. The Morgan fingerprint density at radius 3 is 2.73 bits per heavy atom. The second-order valence-corrected chi connectivity index (χ2v) is 6.42. The van der Waals surface area contributed by atoms with Gasteiger partial charge in [-0.2, -0.15) is 0 Å². The normalized spacial score (nSPS) is 20.0. The highest BCUT2D eigenvalue weighted by molar-refractivity contribution is 6.34. The van der Waals surface area contributed by atoms with Crippen LogP contribution in [0.15, 0.2) is 24.5 Å². The lowest BCUT2D eigenvalue weighted by atomic mass is 10.1. The average molecular weight is 339 g/mol. The zero-order valence-electron chi connectivity index (χ0n) is 12.1. The van der Waals surface area contributed by atoms with Crippen LogP contribution in [-0.2, 0) is 18.3 Å². The Bertz CT molecular complexity index is 680. The van der Waals surface area contributed by atoms with Gasteiger partial charge in [-0.15, -0.1) is 10.2 Å². The number of carbonyl (C=O) groups is 1. The summed E-state index contributed by atoms with van der Waals surface area (Å²) in [4.78, 5) is 12.2. The fraction of sp³-hybridized carbons (Fsp3) is 0.400. The summed E-state index contributed by atoms with van der Waals surface area (Å²) >= 11 is 12.0. The number of carbonyl (C=O) groups excluding carboxylic acids is 1. The molecular weight excluding hydrogens is 323 g/mol. The zero-order chi connectivity index (χ0) is 15.7. The lowest BCUT2D eigenvalue weighted by Gasteiger charge is -2.05. The molecule has 1 aliphatic carbocycles. The van der Waals surface area contributed by atoms with Crippen molar-refractivity contribution >= 4 is 29.1 Å². The Balaban J connectivity index is 1.51. The Kier molecular flexibility index (Phi) is 4.36. The molecule has 2 aromatic rings. The van der Waals surface area contributed by atoms with Gasteiger partial charge < -0.3 is 9.88 Å². The summed E-state index contributed by atoms with van der Waals surface area (Å²) in [6.07, 6.45) is 3.16. The maximum Gasteiger partial charge on any atom is 0.223 e. The van der Waals surface area contributed by atoms with E-state index < -0.39 is 0 Å². The fourth-order valence-corrected chi connectivity index (χ4v) is 3.15. The quantitative estimate of drug-likeness (QED) is 0.911. The summed E-state index contributed by atoms with van der Waals surface area (Å²) < 4.78 is 1.85. The minimum Gasteiger partial charge on any atom is -0.355 e. The van der Waals surface area contributed by atoms with Crippen molar-refractivity contribution < 1.29 is 4.79 Å². The van der Waals surface area contributed by atoms with Crippen molar-refractivity contribution in [3.8, 4) is 0 Å². The van der Waals surface area contributed by atoms with E-state index in [0.717, 1.165) is 17.8 Å². The van der Waals surface area contributed by atoms with Gasteiger partial charge in [-0.3, -0.25) is 4.79 Å². The summed E-state index contributed by atoms with van der Waals surface area (Å²) in [5.41, 5.74) is 1.03. The number of hydrogen-bond acceptors (Lipinski definition) is 3. The molecule has 0 radical (unpaired) electrons. The van der Waals surface area contributed by atoms with Gasteiger partial charge in [0.1, 0.15) is 12.2 Å². The second-order valence-electron chi connectivity index (χ2n) is 5.55. The van der Waals surface area contributed by atoms with Crippen LogP contribution in [0.3, 0.4) is 0 Å². The SMILES string of the molecule is Cn1cnnc1CCNC(=O)[C@@H]1C[C@@H]1c1cc(Cl)cc(Cl)c1. The van der Waals surface area contributed by atoms with Crippen molar-refractivity contribution in [3.05, 3.63) is 46.0 Å². The van der Waals surface area contributed by atoms with E-state index in [9.17, 15) is 4.79 Å². The first-order chi connectivity index (χ1) is 10.5. The Hall–Kier alpha value is -1.59. The van der Waals surface area contributed by atoms with Gasteiger partial charge in [0, 0.05) is 36.0 Å². The number of nitrogens with one attached hydrogen (secondary N) is 1. The molecule has 1 heterocycles. The Labute approximate surface area is 138 Å². The predicted molar refractivity (Wildman–Crippen MR) is 85.0 cm³/mol. The maximum atomic E-state index is 12.2. The molecule has 5 nitrogen and oxygen atoms in total. The first kappa shape index (κ1) is 15.3. The van der Waals surface area contributed by atoms with E-state index in [4.69, 9.17) is 23.2 Å². The van der Waals surface area contributed by atoms with Gasteiger partial charge in [0.05, 0.1) is 0 Å². The monoisotopic (exact) mass is 338 g/mol. The number of halogens is 2. The van der Waals surface area contributed by atoms with Crippen LogP contribution < -0.4 is 5.32 Å². The molecular formula is C15H16Cl2N4O. The fourth-order valence-electron chi connectivity index (χ4n) is 2.60. The molecule has 0 bridgehead atoms. The molecule has 0 aliphatic heterocycles. The van der Waals surface area contributed by atoms with E-state index in [1.807, 2.05) is 23.7 Å². The summed E-state index contributed by atoms with van der Waals surface area (Å²) in [5.74, 6) is 1.15. The average Bonchev–Trinajstić information content (AvgIpc) is 3.16. The third-order valence-electron chi connectivity index (χ3n) is 3.89. The second kappa shape index (κ2) is 6.26. The van der Waals surface area contributed by atoms with Crippen LogP contribution in [0.1, 0.15) is 23.7 Å². The van der Waals surface area contributed by atoms with Gasteiger partial charge in [-0.05, 0) is 36.1 Å². The molecule has 1 aromatic heterocycles. The van der Waals surface area contributed by atoms with E-state index >= 15 is 0 Å². The number of hydrogen-bond donors (Lipinski definition) is 1. The van der Waals surface area contributed by atoms with Crippen molar-refractivity contribution in [2.75, 3.05) is 6.54 Å². The van der Waals surface area contributed by atoms with Crippen LogP contribution >= 0.6 is 23.2 Å². The van der Waals surface area contributed by atoms with Gasteiger partial charge in [-0.1, -0.05) is 23.2 Å². The van der Waals surface area contributed by atoms with Crippen molar-refractivity contribution in [1.82, 2.24) is 20.1 Å². The summed E-state index contributed by atoms with van der Waals surface area (Å²) in [5, 5.41) is 12.0. The molecule has 2 atom stereocenters. The molecule has 116 valence electrons. The molecule has 1 amide bonds. The van der Waals surface area contributed by atoms with Crippen molar-refractivity contribution in [2.45, 2.75) is 18.8 Å². The molecule has 1 fully saturated rings. The van der Waals surface area contributed by atoms with Crippen LogP contribution in [-0.4, -0.2) is 27.2 Å². The molecule has 1 saturated carbocycles. The standard InChI is InChI=1S/C15H16Cl2N4O/c1-21-8-19-20-14(21)2-3-18-15(22)13-7-12(13)9-4-10(16)6-11(17)5-9/h4-6,8,12-13H,2-3,7H2,1H3,(H,18,22)/t12-,13-/m1/s1. The number of nitrogens with zero attached hydrogens (tertiary/aromatic N) is 3. The van der Waals surface area contributed by atoms with Crippen LogP contribution in [0.25, 0.3) is 0 Å². The van der Waals surface area contributed by atoms with E-state index in [1.165, 1.54) is 0 Å². The maximum absolute atomic E-state index is 12.2. The Morgan fingerprint density at radius 2 is 2.09 bits per heavy atom. The number of aromatic nitrogens is 3. The van der Waals surface area contributed by atoms with Gasteiger partial charge >= 0.3 is 0 Å². The van der Waals surface area contributed by atoms with Crippen LogP contribution in [0.5, 0.6) is 0 Å². The highest BCUT2D eigenvalue weighted by atomic mass is 35.5. The van der Waals surface area contributed by atoms with Gasteiger partial charge in [0.25, 0.3) is 0 Å². The summed E-state index contributed by atoms with van der Waals surface area (Å²) in [6, 6.07) is 5.46. The summed E-state index contributed by atoms with van der Waals surface area (Å²) in [7, 11) is 1.89. The minimum absolute atomic E-state index is 0.00836. The third kappa shape index (κ3) is 3.42. The molecule has 22 heavy (non-hydrogen) atoms. The zero-order valence-corrected chi connectivity index (χ0v) is 13.6. The van der Waals surface area contributed by atoms with E-state index in [0.29, 0.717) is 23.0 Å². The lowest BCUT2D eigenvalue weighted by molar-refractivity contribution is -0.122. The number of amides is 1. The topological polar surface area (TPSA) is 59.8 Å². The van der Waals surface area contributed by atoms with Crippen LogP contribution in [0.4, 0.5) is 0 Å². The van der Waals surface area contributed by atoms with E-state index in [-0.39, 0.29) is 17.7 Å². The van der Waals surface area contributed by atoms with Crippen molar-refractivity contribution in [1.29, 1.82) is 0 Å². The molecule has 0 unspecified atom stereocenters. The van der Waals surface area contributed by atoms with Gasteiger partial charge in [0.2, 0.25) is 5.91 Å². The molecule has 0 saturated heterocycles.